The van der Waals surface area contributed by atoms with Crippen molar-refractivity contribution in [3.63, 3.8) is 0 Å². The molecule has 2 atom stereocenters. The fraction of sp³-hybridized carbons (Fsp3) is 0.647. The largest absolute Gasteiger partial charge is 0.301 e. The first-order valence-corrected chi connectivity index (χ1v) is 8.62. The molecule has 0 bridgehead atoms. The highest BCUT2D eigenvalue weighted by atomic mass is 32.1. The van der Waals surface area contributed by atoms with Crippen LogP contribution in [-0.4, -0.2) is 54.3 Å². The van der Waals surface area contributed by atoms with E-state index >= 15 is 0 Å². The van der Waals surface area contributed by atoms with Gasteiger partial charge in [-0.3, -0.25) is 4.90 Å². The van der Waals surface area contributed by atoms with Gasteiger partial charge in [0, 0.05) is 25.0 Å². The Kier molecular flexibility index (Phi) is 5.03. The molecule has 0 saturated carbocycles. The molecule has 2 nitrogen and oxygen atoms in total. The number of hydrogen-bond acceptors (Lipinski definition) is 3. The van der Waals surface area contributed by atoms with E-state index in [1.807, 2.05) is 0 Å². The lowest BCUT2D eigenvalue weighted by molar-refractivity contribution is 0.215. The molecule has 2 unspecified atom stereocenters. The third-order valence-electron chi connectivity index (χ3n) is 4.86. The van der Waals surface area contributed by atoms with Crippen molar-refractivity contribution in [3.8, 4) is 0 Å². The molecule has 2 saturated heterocycles. The third kappa shape index (κ3) is 3.38. The SMILES string of the molecule is SCC(CN1CCCN2CCCC2C1)c1ccccc1. The summed E-state index contributed by atoms with van der Waals surface area (Å²) in [5.74, 6) is 1.50. The summed E-state index contributed by atoms with van der Waals surface area (Å²) in [5, 5.41) is 0. The van der Waals surface area contributed by atoms with Crippen LogP contribution in [0.3, 0.4) is 0 Å². The Morgan fingerprint density at radius 1 is 1.10 bits per heavy atom. The summed E-state index contributed by atoms with van der Waals surface area (Å²) in [6, 6.07) is 11.7. The highest BCUT2D eigenvalue weighted by molar-refractivity contribution is 7.80. The van der Waals surface area contributed by atoms with Gasteiger partial charge in [0.15, 0.2) is 0 Å². The second-order valence-electron chi connectivity index (χ2n) is 6.24. The van der Waals surface area contributed by atoms with E-state index in [1.165, 1.54) is 51.0 Å². The zero-order valence-corrected chi connectivity index (χ0v) is 13.1. The quantitative estimate of drug-likeness (QED) is 0.852. The monoisotopic (exact) mass is 290 g/mol. The van der Waals surface area contributed by atoms with Gasteiger partial charge in [0.25, 0.3) is 0 Å². The fourth-order valence-corrected chi connectivity index (χ4v) is 4.08. The number of benzene rings is 1. The molecule has 3 rings (SSSR count). The smallest absolute Gasteiger partial charge is 0.0223 e. The summed E-state index contributed by atoms with van der Waals surface area (Å²) < 4.78 is 0. The van der Waals surface area contributed by atoms with E-state index in [9.17, 15) is 0 Å². The zero-order valence-electron chi connectivity index (χ0n) is 12.2. The number of rotatable bonds is 4. The molecule has 2 fully saturated rings. The van der Waals surface area contributed by atoms with E-state index in [0.29, 0.717) is 5.92 Å². The minimum atomic E-state index is 0.562. The van der Waals surface area contributed by atoms with Gasteiger partial charge in [-0.1, -0.05) is 30.3 Å². The fourth-order valence-electron chi connectivity index (χ4n) is 3.75. The van der Waals surface area contributed by atoms with Gasteiger partial charge in [-0.15, -0.1) is 0 Å². The summed E-state index contributed by atoms with van der Waals surface area (Å²) in [6.07, 6.45) is 4.12. The molecule has 110 valence electrons. The normalized spacial score (nSPS) is 26.1. The Balaban J connectivity index is 1.63. The van der Waals surface area contributed by atoms with Crippen LogP contribution < -0.4 is 0 Å². The maximum Gasteiger partial charge on any atom is 0.0223 e. The summed E-state index contributed by atoms with van der Waals surface area (Å²) in [7, 11) is 0. The van der Waals surface area contributed by atoms with E-state index in [4.69, 9.17) is 0 Å². The Morgan fingerprint density at radius 2 is 1.90 bits per heavy atom. The molecular weight excluding hydrogens is 264 g/mol. The standard InChI is InChI=1S/C17H26N2S/c20-14-16(15-6-2-1-3-7-15)12-18-9-5-11-19-10-4-8-17(19)13-18/h1-3,6-7,16-17,20H,4-5,8-14H2. The van der Waals surface area contributed by atoms with Gasteiger partial charge in [0.1, 0.15) is 0 Å². The Bertz CT molecular complexity index is 409. The highest BCUT2D eigenvalue weighted by Crippen LogP contribution is 2.24. The predicted molar refractivity (Wildman–Crippen MR) is 88.7 cm³/mol. The van der Waals surface area contributed by atoms with Crippen LogP contribution in [-0.2, 0) is 0 Å². The molecule has 2 heterocycles. The number of thiol groups is 1. The van der Waals surface area contributed by atoms with Crippen LogP contribution in [0.5, 0.6) is 0 Å². The average molecular weight is 290 g/mol. The molecule has 20 heavy (non-hydrogen) atoms. The van der Waals surface area contributed by atoms with Crippen LogP contribution in [0.15, 0.2) is 30.3 Å². The van der Waals surface area contributed by atoms with Gasteiger partial charge < -0.3 is 4.90 Å². The number of nitrogens with zero attached hydrogens (tertiary/aromatic N) is 2. The lowest BCUT2D eigenvalue weighted by Gasteiger charge is -2.28. The number of hydrogen-bond donors (Lipinski definition) is 1. The van der Waals surface area contributed by atoms with Crippen LogP contribution in [0.1, 0.15) is 30.7 Å². The molecule has 0 radical (unpaired) electrons. The van der Waals surface area contributed by atoms with Crippen LogP contribution in [0.2, 0.25) is 0 Å². The van der Waals surface area contributed by atoms with Crippen LogP contribution in [0.25, 0.3) is 0 Å². The van der Waals surface area contributed by atoms with Crippen LogP contribution in [0.4, 0.5) is 0 Å². The molecule has 0 amide bonds. The lowest BCUT2D eigenvalue weighted by atomic mass is 10.00. The molecule has 2 aliphatic rings. The first-order valence-electron chi connectivity index (χ1n) is 7.99. The highest BCUT2D eigenvalue weighted by Gasteiger charge is 2.29. The summed E-state index contributed by atoms with van der Waals surface area (Å²) in [5.41, 5.74) is 1.44. The van der Waals surface area contributed by atoms with E-state index in [2.05, 4.69) is 52.8 Å². The van der Waals surface area contributed by atoms with Gasteiger partial charge >= 0.3 is 0 Å². The van der Waals surface area contributed by atoms with Crippen molar-refractivity contribution in [2.24, 2.45) is 0 Å². The van der Waals surface area contributed by atoms with Crippen LogP contribution >= 0.6 is 12.6 Å². The van der Waals surface area contributed by atoms with E-state index < -0.39 is 0 Å². The van der Waals surface area contributed by atoms with Crippen molar-refractivity contribution in [2.75, 3.05) is 38.5 Å². The van der Waals surface area contributed by atoms with Gasteiger partial charge in [-0.25, -0.2) is 0 Å². The molecule has 2 aliphatic heterocycles. The maximum atomic E-state index is 4.59. The van der Waals surface area contributed by atoms with Gasteiger partial charge in [0.2, 0.25) is 0 Å². The second-order valence-corrected chi connectivity index (χ2v) is 6.60. The Morgan fingerprint density at radius 3 is 2.70 bits per heavy atom. The topological polar surface area (TPSA) is 6.48 Å². The second kappa shape index (κ2) is 6.97. The van der Waals surface area contributed by atoms with Crippen molar-refractivity contribution >= 4 is 12.6 Å². The van der Waals surface area contributed by atoms with Crippen molar-refractivity contribution in [3.05, 3.63) is 35.9 Å². The first-order chi connectivity index (χ1) is 9.86. The third-order valence-corrected chi connectivity index (χ3v) is 5.30. The van der Waals surface area contributed by atoms with Gasteiger partial charge in [-0.2, -0.15) is 12.6 Å². The van der Waals surface area contributed by atoms with Crippen molar-refractivity contribution in [1.82, 2.24) is 9.80 Å². The molecule has 0 aromatic heterocycles. The maximum absolute atomic E-state index is 4.59. The predicted octanol–water partition coefficient (Wildman–Crippen LogP) is 2.87. The molecule has 3 heteroatoms. The van der Waals surface area contributed by atoms with Gasteiger partial charge in [-0.05, 0) is 50.2 Å². The molecule has 1 aromatic rings. The Labute approximate surface area is 128 Å². The number of fused-ring (bicyclic) bond motifs is 1. The minimum absolute atomic E-state index is 0.562. The van der Waals surface area contributed by atoms with E-state index in [1.54, 1.807) is 0 Å². The summed E-state index contributed by atoms with van der Waals surface area (Å²) in [4.78, 5) is 5.39. The van der Waals surface area contributed by atoms with Crippen molar-refractivity contribution in [2.45, 2.75) is 31.2 Å². The van der Waals surface area contributed by atoms with Crippen molar-refractivity contribution in [1.29, 1.82) is 0 Å². The van der Waals surface area contributed by atoms with Gasteiger partial charge in [0.05, 0.1) is 0 Å². The van der Waals surface area contributed by atoms with E-state index in [-0.39, 0.29) is 0 Å². The summed E-state index contributed by atoms with van der Waals surface area (Å²) in [6.45, 7) is 6.31. The molecule has 0 aliphatic carbocycles. The Hall–Kier alpha value is -0.510. The molecule has 1 aromatic carbocycles. The lowest BCUT2D eigenvalue weighted by Crippen LogP contribution is -2.38. The zero-order chi connectivity index (χ0) is 13.8. The first kappa shape index (κ1) is 14.4. The average Bonchev–Trinajstić information content (AvgIpc) is 2.84. The van der Waals surface area contributed by atoms with E-state index in [0.717, 1.165) is 18.3 Å². The molecule has 0 spiro atoms. The molecular formula is C17H26N2S. The minimum Gasteiger partial charge on any atom is -0.301 e. The molecule has 0 N–H and O–H groups in total. The van der Waals surface area contributed by atoms with Crippen molar-refractivity contribution < 1.29 is 0 Å². The summed E-state index contributed by atoms with van der Waals surface area (Å²) >= 11 is 4.59. The van der Waals surface area contributed by atoms with Crippen LogP contribution in [0, 0.1) is 0 Å².